The van der Waals surface area contributed by atoms with Gasteiger partial charge in [0.1, 0.15) is 5.54 Å². The SMILES string of the molecule is N#CC1(NC(=O)O)CC1.O=S1(=O)CCC(O[C@H]2CC[C@H](S(=O)(=O)c3ccccc3C(F)(F)F)C2)CC1. The molecule has 1 heterocycles. The first-order valence-corrected chi connectivity index (χ1v) is 14.7. The topological polar surface area (TPSA) is 151 Å². The lowest BCUT2D eigenvalue weighted by Crippen LogP contribution is -2.33. The third kappa shape index (κ3) is 7.10. The number of amides is 1. The van der Waals surface area contributed by atoms with Crippen LogP contribution in [0.1, 0.15) is 50.5 Å². The van der Waals surface area contributed by atoms with Crippen molar-refractivity contribution in [2.75, 3.05) is 11.5 Å². The van der Waals surface area contributed by atoms with Gasteiger partial charge in [0.05, 0.1) is 45.5 Å². The molecule has 4 rings (SSSR count). The highest BCUT2D eigenvalue weighted by Gasteiger charge is 2.45. The number of sulfone groups is 2. The number of carbonyl (C=O) groups is 1. The maximum atomic E-state index is 13.2. The van der Waals surface area contributed by atoms with E-state index in [0.29, 0.717) is 32.1 Å². The summed E-state index contributed by atoms with van der Waals surface area (Å²) in [6, 6.07) is 6.12. The highest BCUT2D eigenvalue weighted by atomic mass is 32.2. The fourth-order valence-corrected chi connectivity index (χ4v) is 7.79. The number of hydrogen-bond acceptors (Lipinski definition) is 7. The Kier molecular flexibility index (Phi) is 8.26. The summed E-state index contributed by atoms with van der Waals surface area (Å²) >= 11 is 0. The van der Waals surface area contributed by atoms with Crippen molar-refractivity contribution in [3.8, 4) is 6.07 Å². The number of nitriles is 1. The molecule has 2 atom stereocenters. The summed E-state index contributed by atoms with van der Waals surface area (Å²) in [6.07, 6.45) is -3.67. The Hall–Kier alpha value is -2.37. The molecular formula is C22H27F3N2O7S2. The fraction of sp³-hybridized carbons (Fsp3) is 0.636. The van der Waals surface area contributed by atoms with E-state index in [-0.39, 0.29) is 36.6 Å². The maximum absolute atomic E-state index is 13.2. The molecule has 0 radical (unpaired) electrons. The molecule has 2 N–H and O–H groups in total. The van der Waals surface area contributed by atoms with Gasteiger partial charge in [-0.3, -0.25) is 0 Å². The van der Waals surface area contributed by atoms with Crippen LogP contribution < -0.4 is 5.32 Å². The summed E-state index contributed by atoms with van der Waals surface area (Å²) < 4.78 is 93.9. The second-order valence-electron chi connectivity index (χ2n) is 9.21. The normalized spacial score (nSPS) is 25.2. The molecule has 1 saturated heterocycles. The average Bonchev–Trinajstić information content (AvgIpc) is 3.39. The molecule has 1 aromatic rings. The standard InChI is InChI=1S/C17H21F3O5S2.C5H6N2O2/c18-17(19,20)15-3-1-2-4-16(15)27(23,24)14-6-5-13(11-14)25-12-7-9-26(21,22)10-8-12;6-3-5(1-2-5)7-4(8)9/h1-4,12-14H,5-11H2;7H,1-2H2,(H,8,9)/t13-,14-;/m0./s1. The number of nitrogens with one attached hydrogen (secondary N) is 1. The molecule has 1 amide bonds. The molecule has 0 unspecified atom stereocenters. The van der Waals surface area contributed by atoms with E-state index < -0.39 is 53.2 Å². The third-order valence-corrected chi connectivity index (χ3v) is 10.5. The van der Waals surface area contributed by atoms with Gasteiger partial charge in [0, 0.05) is 0 Å². The van der Waals surface area contributed by atoms with Gasteiger partial charge in [0.15, 0.2) is 19.7 Å². The largest absolute Gasteiger partial charge is 0.465 e. The average molecular weight is 553 g/mol. The van der Waals surface area contributed by atoms with E-state index >= 15 is 0 Å². The highest BCUT2D eigenvalue weighted by Crippen LogP contribution is 2.39. The molecule has 9 nitrogen and oxygen atoms in total. The summed E-state index contributed by atoms with van der Waals surface area (Å²) in [5.74, 6) is 0.0934. The number of nitrogens with zero attached hydrogens (tertiary/aromatic N) is 1. The molecule has 3 aliphatic rings. The van der Waals surface area contributed by atoms with Crippen molar-refractivity contribution in [2.45, 2.75) is 79.0 Å². The number of hydrogen-bond donors (Lipinski definition) is 2. The van der Waals surface area contributed by atoms with Crippen molar-refractivity contribution in [3.63, 3.8) is 0 Å². The van der Waals surface area contributed by atoms with E-state index in [2.05, 4.69) is 5.32 Å². The van der Waals surface area contributed by atoms with Gasteiger partial charge in [-0.2, -0.15) is 18.4 Å². The molecule has 2 aliphatic carbocycles. The molecule has 0 bridgehead atoms. The Bertz CT molecular complexity index is 1210. The molecule has 14 heteroatoms. The molecule has 36 heavy (non-hydrogen) atoms. The predicted molar refractivity (Wildman–Crippen MR) is 122 cm³/mol. The van der Waals surface area contributed by atoms with E-state index in [4.69, 9.17) is 15.1 Å². The minimum atomic E-state index is -4.74. The summed E-state index contributed by atoms with van der Waals surface area (Å²) in [5, 5.41) is 17.7. The number of alkyl halides is 3. The van der Waals surface area contributed by atoms with Gasteiger partial charge in [-0.05, 0) is 57.1 Å². The second-order valence-corrected chi connectivity index (χ2v) is 13.7. The van der Waals surface area contributed by atoms with Gasteiger partial charge in [0.25, 0.3) is 0 Å². The zero-order valence-electron chi connectivity index (χ0n) is 19.2. The number of ether oxygens (including phenoxy) is 1. The van der Waals surface area contributed by atoms with Gasteiger partial charge in [-0.1, -0.05) is 12.1 Å². The zero-order valence-corrected chi connectivity index (χ0v) is 20.8. The lowest BCUT2D eigenvalue weighted by molar-refractivity contribution is -0.139. The van der Waals surface area contributed by atoms with Crippen molar-refractivity contribution < 1.29 is 44.6 Å². The van der Waals surface area contributed by atoms with Gasteiger partial charge in [-0.15, -0.1) is 0 Å². The van der Waals surface area contributed by atoms with Crippen molar-refractivity contribution in [1.82, 2.24) is 5.32 Å². The van der Waals surface area contributed by atoms with Crippen LogP contribution in [0, 0.1) is 11.3 Å². The van der Waals surface area contributed by atoms with E-state index in [1.807, 2.05) is 6.07 Å². The Morgan fingerprint density at radius 1 is 1.11 bits per heavy atom. The van der Waals surface area contributed by atoms with Crippen LogP contribution in [0.2, 0.25) is 0 Å². The fourth-order valence-electron chi connectivity index (χ4n) is 4.31. The summed E-state index contributed by atoms with van der Waals surface area (Å²) in [5.41, 5.74) is -1.88. The van der Waals surface area contributed by atoms with E-state index in [1.54, 1.807) is 0 Å². The van der Waals surface area contributed by atoms with Gasteiger partial charge < -0.3 is 15.2 Å². The van der Waals surface area contributed by atoms with E-state index in [9.17, 15) is 34.8 Å². The quantitative estimate of drug-likeness (QED) is 0.565. The van der Waals surface area contributed by atoms with Crippen LogP contribution in [0.5, 0.6) is 0 Å². The molecular weight excluding hydrogens is 525 g/mol. The Labute approximate surface area is 207 Å². The molecule has 1 aromatic carbocycles. The van der Waals surface area contributed by atoms with Crippen LogP contribution in [0.4, 0.5) is 18.0 Å². The van der Waals surface area contributed by atoms with Gasteiger partial charge in [-0.25, -0.2) is 21.6 Å². The lowest BCUT2D eigenvalue weighted by Gasteiger charge is -2.25. The minimum absolute atomic E-state index is 0.0467. The van der Waals surface area contributed by atoms with Crippen LogP contribution in [0.25, 0.3) is 0 Å². The smallest absolute Gasteiger partial charge is 0.417 e. The van der Waals surface area contributed by atoms with Gasteiger partial charge in [0.2, 0.25) is 0 Å². The monoisotopic (exact) mass is 552 g/mol. The first-order valence-electron chi connectivity index (χ1n) is 11.4. The molecule has 0 spiro atoms. The number of benzene rings is 1. The predicted octanol–water partition coefficient (Wildman–Crippen LogP) is 3.30. The zero-order chi connectivity index (χ0) is 26.8. The van der Waals surface area contributed by atoms with Crippen LogP contribution in [0.15, 0.2) is 29.2 Å². The van der Waals surface area contributed by atoms with Gasteiger partial charge >= 0.3 is 12.3 Å². The first-order chi connectivity index (χ1) is 16.7. The van der Waals surface area contributed by atoms with Crippen LogP contribution in [-0.4, -0.2) is 62.5 Å². The highest BCUT2D eigenvalue weighted by molar-refractivity contribution is 7.92. The first kappa shape index (κ1) is 28.2. The van der Waals surface area contributed by atoms with Crippen molar-refractivity contribution >= 4 is 25.8 Å². The number of carboxylic acid groups (broad SMARTS) is 1. The Morgan fingerprint density at radius 3 is 2.22 bits per heavy atom. The summed E-state index contributed by atoms with van der Waals surface area (Å²) in [4.78, 5) is 9.26. The van der Waals surface area contributed by atoms with Crippen molar-refractivity contribution in [3.05, 3.63) is 29.8 Å². The molecule has 2 saturated carbocycles. The third-order valence-electron chi connectivity index (χ3n) is 6.47. The second kappa shape index (κ2) is 10.5. The van der Waals surface area contributed by atoms with Crippen molar-refractivity contribution in [1.29, 1.82) is 5.26 Å². The Balaban J connectivity index is 0.000000338. The summed E-state index contributed by atoms with van der Waals surface area (Å²) in [6.45, 7) is 0. The molecule has 3 fully saturated rings. The van der Waals surface area contributed by atoms with Crippen LogP contribution >= 0.6 is 0 Å². The molecule has 0 aromatic heterocycles. The van der Waals surface area contributed by atoms with Crippen LogP contribution in [-0.2, 0) is 30.6 Å². The van der Waals surface area contributed by atoms with Crippen molar-refractivity contribution in [2.24, 2.45) is 0 Å². The van der Waals surface area contributed by atoms with Crippen LogP contribution in [0.3, 0.4) is 0 Å². The van der Waals surface area contributed by atoms with E-state index in [1.165, 1.54) is 12.1 Å². The summed E-state index contributed by atoms with van der Waals surface area (Å²) in [7, 11) is -7.16. The minimum Gasteiger partial charge on any atom is -0.465 e. The van der Waals surface area contributed by atoms with E-state index in [0.717, 1.165) is 12.1 Å². The Morgan fingerprint density at radius 2 is 1.72 bits per heavy atom. The number of rotatable bonds is 5. The molecule has 200 valence electrons. The lowest BCUT2D eigenvalue weighted by atomic mass is 10.2. The maximum Gasteiger partial charge on any atom is 0.417 e. The number of halogens is 3. The molecule has 1 aliphatic heterocycles.